The summed E-state index contributed by atoms with van der Waals surface area (Å²) in [6.45, 7) is 1.75. The van der Waals surface area contributed by atoms with Gasteiger partial charge in [0.05, 0.1) is 5.56 Å². The van der Waals surface area contributed by atoms with Crippen molar-refractivity contribution in [2.24, 2.45) is 0 Å². The summed E-state index contributed by atoms with van der Waals surface area (Å²) < 4.78 is 4.85. The van der Waals surface area contributed by atoms with Crippen molar-refractivity contribution in [1.82, 2.24) is 0 Å². The van der Waals surface area contributed by atoms with Crippen molar-refractivity contribution in [3.63, 3.8) is 0 Å². The van der Waals surface area contributed by atoms with Crippen molar-refractivity contribution in [2.75, 3.05) is 18.1 Å². The lowest BCUT2D eigenvalue weighted by molar-refractivity contribution is 0.0557. The van der Waals surface area contributed by atoms with Gasteiger partial charge in [0, 0.05) is 11.4 Å². The Morgan fingerprint density at radius 1 is 1.33 bits per heavy atom. The third kappa shape index (κ3) is 3.24. The molecule has 0 aliphatic carbocycles. The lowest BCUT2D eigenvalue weighted by atomic mass is 10.2. The van der Waals surface area contributed by atoms with Gasteiger partial charge in [0.25, 0.3) is 0 Å². The van der Waals surface area contributed by atoms with Crippen LogP contribution in [-0.2, 0) is 4.74 Å². The van der Waals surface area contributed by atoms with Gasteiger partial charge in [-0.3, -0.25) is 0 Å². The molecule has 0 aliphatic rings. The van der Waals surface area contributed by atoms with Gasteiger partial charge in [0.1, 0.15) is 0 Å². The lowest BCUT2D eigenvalue weighted by Gasteiger charge is -2.03. The van der Waals surface area contributed by atoms with Gasteiger partial charge in [-0.05, 0) is 25.1 Å². The van der Waals surface area contributed by atoms with Gasteiger partial charge in [-0.25, -0.2) is 4.79 Å². The molecule has 1 aromatic carbocycles. The Hall–Kier alpha value is -2.15. The molecule has 1 rings (SSSR count). The van der Waals surface area contributed by atoms with E-state index < -0.39 is 5.97 Å². The molecule has 4 N–H and O–H groups in total. The van der Waals surface area contributed by atoms with E-state index in [-0.39, 0.29) is 6.61 Å². The fourth-order valence-corrected chi connectivity index (χ4v) is 1.05. The molecule has 0 aliphatic heterocycles. The van der Waals surface area contributed by atoms with Crippen LogP contribution < -0.4 is 11.5 Å². The van der Waals surface area contributed by atoms with Gasteiger partial charge in [-0.15, -0.1) is 5.92 Å². The highest BCUT2D eigenvalue weighted by atomic mass is 16.5. The number of rotatable bonds is 2. The van der Waals surface area contributed by atoms with E-state index in [4.69, 9.17) is 16.2 Å². The van der Waals surface area contributed by atoms with Crippen molar-refractivity contribution < 1.29 is 9.53 Å². The molecule has 0 radical (unpaired) electrons. The van der Waals surface area contributed by atoms with E-state index in [2.05, 4.69) is 11.8 Å². The predicted molar refractivity (Wildman–Crippen MR) is 59.0 cm³/mol. The maximum absolute atomic E-state index is 11.4. The molecule has 0 fully saturated rings. The minimum Gasteiger partial charge on any atom is -0.449 e. The second-order valence-corrected chi connectivity index (χ2v) is 2.89. The quantitative estimate of drug-likeness (QED) is 0.428. The Kier molecular flexibility index (Phi) is 3.58. The van der Waals surface area contributed by atoms with Crippen LogP contribution in [0.4, 0.5) is 11.4 Å². The lowest BCUT2D eigenvalue weighted by Crippen LogP contribution is -2.06. The number of anilines is 2. The maximum atomic E-state index is 11.4. The Morgan fingerprint density at radius 3 is 2.47 bits per heavy atom. The summed E-state index contributed by atoms with van der Waals surface area (Å²) in [7, 11) is 0. The van der Waals surface area contributed by atoms with Crippen molar-refractivity contribution in [1.29, 1.82) is 0 Å². The summed E-state index contributed by atoms with van der Waals surface area (Å²) in [5.41, 5.74) is 12.3. The van der Waals surface area contributed by atoms with Crippen LogP contribution in [0.1, 0.15) is 17.3 Å². The van der Waals surface area contributed by atoms with E-state index in [0.29, 0.717) is 16.9 Å². The molecule has 0 atom stereocenters. The second kappa shape index (κ2) is 4.91. The Labute approximate surface area is 88.2 Å². The third-order valence-electron chi connectivity index (χ3n) is 1.67. The fourth-order valence-electron chi connectivity index (χ4n) is 1.05. The highest BCUT2D eigenvalue weighted by molar-refractivity contribution is 5.91. The summed E-state index contributed by atoms with van der Waals surface area (Å²) >= 11 is 0. The molecule has 4 heteroatoms. The molecule has 0 saturated carbocycles. The molecule has 1 aromatic rings. The molecule has 15 heavy (non-hydrogen) atoms. The van der Waals surface area contributed by atoms with Crippen LogP contribution >= 0.6 is 0 Å². The van der Waals surface area contributed by atoms with Crippen molar-refractivity contribution in [2.45, 2.75) is 6.92 Å². The van der Waals surface area contributed by atoms with E-state index in [1.54, 1.807) is 13.0 Å². The zero-order chi connectivity index (χ0) is 11.3. The third-order valence-corrected chi connectivity index (χ3v) is 1.67. The average Bonchev–Trinajstić information content (AvgIpc) is 2.16. The average molecular weight is 204 g/mol. The molecule has 0 unspecified atom stereocenters. The molecule has 0 spiro atoms. The van der Waals surface area contributed by atoms with Gasteiger partial charge in [-0.2, -0.15) is 0 Å². The number of hydrogen-bond acceptors (Lipinski definition) is 4. The van der Waals surface area contributed by atoms with E-state index in [1.165, 1.54) is 12.1 Å². The van der Waals surface area contributed by atoms with Crippen molar-refractivity contribution in [3.8, 4) is 11.8 Å². The molecule has 0 saturated heterocycles. The number of esters is 1. The minimum atomic E-state index is -0.475. The number of nitrogens with two attached hydrogens (primary N) is 2. The Balaban J connectivity index is 2.76. The van der Waals surface area contributed by atoms with Crippen molar-refractivity contribution >= 4 is 17.3 Å². The Bertz CT molecular complexity index is 410. The van der Waals surface area contributed by atoms with Crippen LogP contribution in [0.15, 0.2) is 18.2 Å². The monoisotopic (exact) mass is 204 g/mol. The van der Waals surface area contributed by atoms with E-state index in [1.807, 2.05) is 0 Å². The van der Waals surface area contributed by atoms with Crippen LogP contribution in [0.25, 0.3) is 0 Å². The van der Waals surface area contributed by atoms with E-state index >= 15 is 0 Å². The fraction of sp³-hybridized carbons (Fsp3) is 0.182. The summed E-state index contributed by atoms with van der Waals surface area (Å²) in [6, 6.07) is 4.60. The summed E-state index contributed by atoms with van der Waals surface area (Å²) in [4.78, 5) is 11.4. The number of nitrogen functional groups attached to an aromatic ring is 2. The van der Waals surface area contributed by atoms with Gasteiger partial charge in [-0.1, -0.05) is 5.92 Å². The SMILES string of the molecule is CC#CCOC(=O)c1cc(N)cc(N)c1. The minimum absolute atomic E-state index is 0.0734. The number of benzene rings is 1. The summed E-state index contributed by atoms with van der Waals surface area (Å²) in [5.74, 6) is 4.77. The van der Waals surface area contributed by atoms with Crippen LogP contribution in [0.3, 0.4) is 0 Å². The second-order valence-electron chi connectivity index (χ2n) is 2.89. The molecule has 78 valence electrons. The maximum Gasteiger partial charge on any atom is 0.339 e. The van der Waals surface area contributed by atoms with Gasteiger partial charge >= 0.3 is 5.97 Å². The number of ether oxygens (including phenoxy) is 1. The molecular weight excluding hydrogens is 192 g/mol. The molecular formula is C11H12N2O2. The van der Waals surface area contributed by atoms with E-state index in [9.17, 15) is 4.79 Å². The standard InChI is InChI=1S/C11H12N2O2/c1-2-3-4-15-11(14)8-5-9(12)7-10(13)6-8/h5-7H,4,12-13H2,1H3. The Morgan fingerprint density at radius 2 is 1.93 bits per heavy atom. The molecule has 0 bridgehead atoms. The molecule has 0 aromatic heterocycles. The summed E-state index contributed by atoms with van der Waals surface area (Å²) in [6.07, 6.45) is 0. The molecule has 0 heterocycles. The first-order valence-corrected chi connectivity index (χ1v) is 4.36. The first kappa shape index (κ1) is 10.9. The van der Waals surface area contributed by atoms with Gasteiger partial charge < -0.3 is 16.2 Å². The molecule has 4 nitrogen and oxygen atoms in total. The van der Waals surface area contributed by atoms with Crippen LogP contribution in [0.5, 0.6) is 0 Å². The highest BCUT2D eigenvalue weighted by Gasteiger charge is 2.07. The smallest absolute Gasteiger partial charge is 0.339 e. The predicted octanol–water partition coefficient (Wildman–Crippen LogP) is 1.03. The van der Waals surface area contributed by atoms with E-state index in [0.717, 1.165) is 0 Å². The first-order chi connectivity index (χ1) is 7.13. The zero-order valence-electron chi connectivity index (χ0n) is 8.41. The van der Waals surface area contributed by atoms with Gasteiger partial charge in [0.15, 0.2) is 6.61 Å². The first-order valence-electron chi connectivity index (χ1n) is 4.36. The highest BCUT2D eigenvalue weighted by Crippen LogP contribution is 2.14. The number of carbonyl (C=O) groups excluding carboxylic acids is 1. The normalized spacial score (nSPS) is 8.87. The number of carbonyl (C=O) groups is 1. The van der Waals surface area contributed by atoms with Crippen LogP contribution in [0, 0.1) is 11.8 Å². The van der Waals surface area contributed by atoms with Crippen molar-refractivity contribution in [3.05, 3.63) is 23.8 Å². The topological polar surface area (TPSA) is 78.3 Å². The summed E-state index contributed by atoms with van der Waals surface area (Å²) in [5, 5.41) is 0. The zero-order valence-corrected chi connectivity index (χ0v) is 8.41. The largest absolute Gasteiger partial charge is 0.449 e. The number of hydrogen-bond donors (Lipinski definition) is 2. The van der Waals surface area contributed by atoms with Crippen LogP contribution in [-0.4, -0.2) is 12.6 Å². The molecule has 0 amide bonds. The van der Waals surface area contributed by atoms with Crippen LogP contribution in [0.2, 0.25) is 0 Å². The van der Waals surface area contributed by atoms with Gasteiger partial charge in [0.2, 0.25) is 0 Å².